The molecule has 0 aromatic rings. The van der Waals surface area contributed by atoms with Crippen LogP contribution in [0.1, 0.15) is 58.8 Å². The summed E-state index contributed by atoms with van der Waals surface area (Å²) in [5.74, 6) is 1.56. The second-order valence-corrected chi connectivity index (χ2v) is 5.78. The Kier molecular flexibility index (Phi) is 2.68. The highest BCUT2D eigenvalue weighted by Crippen LogP contribution is 2.46. The largest absolute Gasteiger partial charge is 0.299 e. The predicted octanol–water partition coefficient (Wildman–Crippen LogP) is 3.57. The molecule has 2 rings (SSSR count). The standard InChI is InChI=1S/C13H22O/c1-10-11(5-6-12(10)14)9-13(2)7-3-4-8-13/h10-11H,3-9H2,1-2H3. The van der Waals surface area contributed by atoms with Crippen LogP contribution in [0.15, 0.2) is 0 Å². The van der Waals surface area contributed by atoms with Crippen molar-refractivity contribution in [3.8, 4) is 0 Å². The van der Waals surface area contributed by atoms with E-state index in [4.69, 9.17) is 0 Å². The molecule has 14 heavy (non-hydrogen) atoms. The van der Waals surface area contributed by atoms with Crippen molar-refractivity contribution in [3.63, 3.8) is 0 Å². The molecule has 2 fully saturated rings. The molecule has 80 valence electrons. The Hall–Kier alpha value is -0.330. The van der Waals surface area contributed by atoms with Gasteiger partial charge in [-0.1, -0.05) is 26.7 Å². The van der Waals surface area contributed by atoms with E-state index in [9.17, 15) is 4.79 Å². The highest BCUT2D eigenvalue weighted by molar-refractivity contribution is 5.82. The van der Waals surface area contributed by atoms with Crippen molar-refractivity contribution in [2.24, 2.45) is 17.3 Å². The minimum Gasteiger partial charge on any atom is -0.299 e. The van der Waals surface area contributed by atoms with Crippen LogP contribution in [0.25, 0.3) is 0 Å². The molecular formula is C13H22O. The van der Waals surface area contributed by atoms with E-state index >= 15 is 0 Å². The highest BCUT2D eigenvalue weighted by Gasteiger charge is 2.37. The number of hydrogen-bond donors (Lipinski definition) is 0. The number of hydrogen-bond acceptors (Lipinski definition) is 1. The van der Waals surface area contributed by atoms with Crippen molar-refractivity contribution in [3.05, 3.63) is 0 Å². The fraction of sp³-hybridized carbons (Fsp3) is 0.923. The normalized spacial score (nSPS) is 36.6. The van der Waals surface area contributed by atoms with E-state index in [0.29, 0.717) is 23.0 Å². The van der Waals surface area contributed by atoms with E-state index in [1.165, 1.54) is 32.1 Å². The zero-order valence-corrected chi connectivity index (χ0v) is 9.51. The molecule has 0 saturated heterocycles. The third-order valence-corrected chi connectivity index (χ3v) is 4.54. The van der Waals surface area contributed by atoms with Gasteiger partial charge >= 0.3 is 0 Å². The van der Waals surface area contributed by atoms with E-state index in [2.05, 4.69) is 13.8 Å². The lowest BCUT2D eigenvalue weighted by Gasteiger charge is -2.28. The number of rotatable bonds is 2. The Morgan fingerprint density at radius 2 is 2.00 bits per heavy atom. The van der Waals surface area contributed by atoms with Crippen molar-refractivity contribution in [1.29, 1.82) is 0 Å². The number of ketones is 1. The van der Waals surface area contributed by atoms with Gasteiger partial charge in [-0.3, -0.25) is 4.79 Å². The zero-order chi connectivity index (χ0) is 10.2. The summed E-state index contributed by atoms with van der Waals surface area (Å²) in [6, 6.07) is 0. The van der Waals surface area contributed by atoms with E-state index in [0.717, 1.165) is 12.8 Å². The number of carbonyl (C=O) groups is 1. The molecule has 2 aliphatic carbocycles. The van der Waals surface area contributed by atoms with E-state index in [1.54, 1.807) is 0 Å². The van der Waals surface area contributed by atoms with Gasteiger partial charge in [-0.2, -0.15) is 0 Å². The molecule has 2 unspecified atom stereocenters. The Bertz CT molecular complexity index is 225. The molecule has 2 aliphatic rings. The van der Waals surface area contributed by atoms with Crippen LogP contribution in [-0.2, 0) is 4.79 Å². The van der Waals surface area contributed by atoms with E-state index in [1.807, 2.05) is 0 Å². The van der Waals surface area contributed by atoms with Gasteiger partial charge in [0.1, 0.15) is 5.78 Å². The van der Waals surface area contributed by atoms with Gasteiger partial charge in [-0.05, 0) is 37.0 Å². The summed E-state index contributed by atoms with van der Waals surface area (Å²) in [6.45, 7) is 4.56. The minimum absolute atomic E-state index is 0.354. The molecule has 0 N–H and O–H groups in total. The third kappa shape index (κ3) is 1.87. The van der Waals surface area contributed by atoms with E-state index in [-0.39, 0.29) is 0 Å². The van der Waals surface area contributed by atoms with Crippen LogP contribution in [0.4, 0.5) is 0 Å². The topological polar surface area (TPSA) is 17.1 Å². The fourth-order valence-corrected chi connectivity index (χ4v) is 3.41. The average Bonchev–Trinajstić information content (AvgIpc) is 2.68. The van der Waals surface area contributed by atoms with Crippen molar-refractivity contribution < 1.29 is 4.79 Å². The van der Waals surface area contributed by atoms with Gasteiger partial charge in [0.25, 0.3) is 0 Å². The molecule has 2 atom stereocenters. The first-order valence-corrected chi connectivity index (χ1v) is 6.13. The van der Waals surface area contributed by atoms with Crippen LogP contribution in [0.2, 0.25) is 0 Å². The molecule has 0 bridgehead atoms. The first-order valence-electron chi connectivity index (χ1n) is 6.13. The van der Waals surface area contributed by atoms with Gasteiger partial charge in [0, 0.05) is 12.3 Å². The quantitative estimate of drug-likeness (QED) is 0.656. The van der Waals surface area contributed by atoms with Gasteiger partial charge < -0.3 is 0 Å². The molecule has 0 spiro atoms. The molecule has 0 aliphatic heterocycles. The van der Waals surface area contributed by atoms with Crippen LogP contribution in [0.5, 0.6) is 0 Å². The first-order chi connectivity index (χ1) is 6.61. The zero-order valence-electron chi connectivity index (χ0n) is 9.51. The van der Waals surface area contributed by atoms with E-state index < -0.39 is 0 Å². The SMILES string of the molecule is CC1C(=O)CCC1CC1(C)CCCC1. The molecule has 1 heteroatoms. The van der Waals surface area contributed by atoms with Crippen molar-refractivity contribution in [1.82, 2.24) is 0 Å². The second kappa shape index (κ2) is 3.67. The first kappa shape index (κ1) is 10.2. The maximum absolute atomic E-state index is 11.5. The van der Waals surface area contributed by atoms with Gasteiger partial charge in [0.05, 0.1) is 0 Å². The number of Topliss-reactive ketones (excluding diaryl/α,β-unsaturated/α-hetero) is 1. The second-order valence-electron chi connectivity index (χ2n) is 5.78. The molecule has 0 aromatic heterocycles. The summed E-state index contributed by atoms with van der Waals surface area (Å²) in [6.07, 6.45) is 8.92. The van der Waals surface area contributed by atoms with Gasteiger partial charge in [0.2, 0.25) is 0 Å². The predicted molar refractivity (Wildman–Crippen MR) is 58.1 cm³/mol. The number of carbonyl (C=O) groups excluding carboxylic acids is 1. The van der Waals surface area contributed by atoms with Crippen molar-refractivity contribution >= 4 is 5.78 Å². The molecule has 2 saturated carbocycles. The average molecular weight is 194 g/mol. The lowest BCUT2D eigenvalue weighted by Crippen LogP contribution is -2.20. The van der Waals surface area contributed by atoms with Gasteiger partial charge in [-0.25, -0.2) is 0 Å². The Labute approximate surface area is 87.3 Å². The molecule has 0 radical (unpaired) electrons. The summed E-state index contributed by atoms with van der Waals surface area (Å²) >= 11 is 0. The van der Waals surface area contributed by atoms with Crippen LogP contribution in [0, 0.1) is 17.3 Å². The minimum atomic E-state index is 0.354. The fourth-order valence-electron chi connectivity index (χ4n) is 3.41. The van der Waals surface area contributed by atoms with Crippen LogP contribution in [-0.4, -0.2) is 5.78 Å². The van der Waals surface area contributed by atoms with Gasteiger partial charge in [0.15, 0.2) is 0 Å². The molecule has 0 heterocycles. The lowest BCUT2D eigenvalue weighted by molar-refractivity contribution is -0.120. The highest BCUT2D eigenvalue weighted by atomic mass is 16.1. The van der Waals surface area contributed by atoms with Crippen LogP contribution in [0.3, 0.4) is 0 Å². The molecule has 0 aromatic carbocycles. The van der Waals surface area contributed by atoms with Crippen molar-refractivity contribution in [2.75, 3.05) is 0 Å². The Balaban J connectivity index is 1.94. The third-order valence-electron chi connectivity index (χ3n) is 4.54. The van der Waals surface area contributed by atoms with Crippen LogP contribution >= 0.6 is 0 Å². The summed E-state index contributed by atoms with van der Waals surface area (Å²) in [5.41, 5.74) is 0.573. The molecule has 0 amide bonds. The summed E-state index contributed by atoms with van der Waals surface area (Å²) in [5, 5.41) is 0. The molecular weight excluding hydrogens is 172 g/mol. The van der Waals surface area contributed by atoms with Crippen LogP contribution < -0.4 is 0 Å². The van der Waals surface area contributed by atoms with Crippen molar-refractivity contribution in [2.45, 2.75) is 58.8 Å². The summed E-state index contributed by atoms with van der Waals surface area (Å²) in [4.78, 5) is 11.5. The molecule has 1 nitrogen and oxygen atoms in total. The van der Waals surface area contributed by atoms with Gasteiger partial charge in [-0.15, -0.1) is 0 Å². The summed E-state index contributed by atoms with van der Waals surface area (Å²) in [7, 11) is 0. The Morgan fingerprint density at radius 3 is 2.50 bits per heavy atom. The smallest absolute Gasteiger partial charge is 0.135 e. The maximum Gasteiger partial charge on any atom is 0.135 e. The monoisotopic (exact) mass is 194 g/mol. The maximum atomic E-state index is 11.5. The lowest BCUT2D eigenvalue weighted by atomic mass is 9.76. The Morgan fingerprint density at radius 1 is 1.36 bits per heavy atom. The summed E-state index contributed by atoms with van der Waals surface area (Å²) < 4.78 is 0.